The van der Waals surface area contributed by atoms with Gasteiger partial charge in [0.1, 0.15) is 0 Å². The Morgan fingerprint density at radius 1 is 0.875 bits per heavy atom. The van der Waals surface area contributed by atoms with E-state index in [1.807, 2.05) is 0 Å². The molecule has 54 valence electrons. The van der Waals surface area contributed by atoms with Gasteiger partial charge in [-0.05, 0) is 0 Å². The van der Waals surface area contributed by atoms with Crippen molar-refractivity contribution >= 4 is 11.9 Å². The zero-order chi connectivity index (χ0) is 5.15. The summed E-state index contributed by atoms with van der Waals surface area (Å²) in [6.45, 7) is 0. The Morgan fingerprint density at radius 2 is 1.00 bits per heavy atom. The number of hydrogen-bond acceptors (Lipinski definition) is 4. The van der Waals surface area contributed by atoms with Gasteiger partial charge >= 0.3 is 44.8 Å². The maximum atomic E-state index is 8.93. The van der Waals surface area contributed by atoms with Crippen molar-refractivity contribution in [2.24, 2.45) is 0 Å². The molecule has 0 N–H and O–H groups in total. The number of carboxylic acid groups (broad SMARTS) is 2. The second-order valence-electron chi connectivity index (χ2n) is 0.575. The molecule has 0 spiro atoms. The molecule has 0 rings (SSSR count). The molecule has 0 aromatic heterocycles. The van der Waals surface area contributed by atoms with Crippen LogP contribution in [0.25, 0.3) is 0 Å². The maximum Gasteiger partial charge on any atom is 1.00 e. The first-order chi connectivity index (χ1) is 2.64. The largest absolute Gasteiger partial charge is 1.00 e. The second-order valence-corrected chi connectivity index (χ2v) is 0.575. The van der Waals surface area contributed by atoms with Gasteiger partial charge in [0.25, 0.3) is 0 Å². The van der Waals surface area contributed by atoms with Gasteiger partial charge in [0.05, 0.1) is 11.9 Å². The second kappa shape index (κ2) is 7.42. The van der Waals surface area contributed by atoms with Crippen molar-refractivity contribution in [3.8, 4) is 0 Å². The summed E-state index contributed by atoms with van der Waals surface area (Å²) in [6, 6.07) is 0. The minimum absolute atomic E-state index is 0. The van der Waals surface area contributed by atoms with E-state index >= 15 is 0 Å². The van der Waals surface area contributed by atoms with E-state index in [2.05, 4.69) is 0 Å². The number of hydrogen-bond donors (Lipinski definition) is 0. The Balaban J connectivity index is -0.000000125. The van der Waals surface area contributed by atoms with E-state index in [4.69, 9.17) is 19.8 Å². The molecule has 6 heteroatoms. The smallest absolute Gasteiger partial charge is 0.543 e. The Hall–Kier alpha value is 0.421. The first kappa shape index (κ1) is 15.8. The first-order valence-electron chi connectivity index (χ1n) is 1.07. The predicted octanol–water partition coefficient (Wildman–Crippen LogP) is -3.52. The first-order valence-corrected chi connectivity index (χ1v) is 1.07. The van der Waals surface area contributed by atoms with Gasteiger partial charge in [-0.1, -0.05) is 0 Å². The summed E-state index contributed by atoms with van der Waals surface area (Å²) in [4.78, 5) is 17.9. The van der Waals surface area contributed by atoms with Crippen molar-refractivity contribution in [2.75, 3.05) is 0 Å². The third-order valence-electron chi connectivity index (χ3n) is 0.167. The van der Waals surface area contributed by atoms with Crippen LogP contribution in [0.3, 0.4) is 0 Å². The van der Waals surface area contributed by atoms with E-state index in [0.717, 1.165) is 0 Å². The van der Waals surface area contributed by atoms with Crippen LogP contribution in [0.4, 0.5) is 0 Å². The van der Waals surface area contributed by atoms with Crippen molar-refractivity contribution in [3.63, 3.8) is 0 Å². The molecule has 0 heterocycles. The fraction of sp³-hybridized carbons (Fsp3) is 0. The van der Waals surface area contributed by atoms with Crippen LogP contribution in [-0.4, -0.2) is 11.9 Å². The minimum atomic E-state index is -2.19. The van der Waals surface area contributed by atoms with Crippen LogP contribution in [0.1, 0.15) is 0 Å². The molecule has 4 nitrogen and oxygen atoms in total. The van der Waals surface area contributed by atoms with Gasteiger partial charge in [-0.25, -0.2) is 0 Å². The summed E-state index contributed by atoms with van der Waals surface area (Å²) in [5, 5.41) is 17.9. The molecule has 0 aliphatic rings. The van der Waals surface area contributed by atoms with Crippen molar-refractivity contribution in [3.05, 3.63) is 0 Å². The van der Waals surface area contributed by atoms with Crippen molar-refractivity contribution in [1.29, 1.82) is 0 Å². The molecule has 8 heavy (non-hydrogen) atoms. The summed E-state index contributed by atoms with van der Waals surface area (Å²) in [5.41, 5.74) is 0. The van der Waals surface area contributed by atoms with E-state index in [1.165, 1.54) is 0 Å². The van der Waals surface area contributed by atoms with Crippen LogP contribution < -0.4 is 10.2 Å². The van der Waals surface area contributed by atoms with E-state index < -0.39 is 11.9 Å². The van der Waals surface area contributed by atoms with Gasteiger partial charge in [0.15, 0.2) is 0 Å². The fourth-order valence-corrected chi connectivity index (χ4v) is 0. The molecule has 0 amide bonds. The van der Waals surface area contributed by atoms with Crippen LogP contribution in [0.2, 0.25) is 0 Å². The summed E-state index contributed by atoms with van der Waals surface area (Å²) in [6.07, 6.45) is 0. The third-order valence-corrected chi connectivity index (χ3v) is 0.167. The summed E-state index contributed by atoms with van der Waals surface area (Å²) in [5.74, 6) is -4.37. The quantitative estimate of drug-likeness (QED) is 0.265. The summed E-state index contributed by atoms with van der Waals surface area (Å²) < 4.78 is 0. The van der Waals surface area contributed by atoms with E-state index in [9.17, 15) is 0 Å². The topological polar surface area (TPSA) is 80.3 Å². The van der Waals surface area contributed by atoms with Crippen molar-refractivity contribution in [1.82, 2.24) is 0 Å². The average molecular weight is 482 g/mol. The molecule has 0 radical (unpaired) electrons. The zero-order valence-corrected chi connectivity index (χ0v) is 7.57. The summed E-state index contributed by atoms with van der Waals surface area (Å²) in [7, 11) is 0. The van der Waals surface area contributed by atoms with Crippen molar-refractivity contribution < 1.29 is 64.6 Å². The van der Waals surface area contributed by atoms with Gasteiger partial charge in [0, 0.05) is 0 Å². The predicted molar refractivity (Wildman–Crippen MR) is 10.0 cm³/mol. The minimum Gasteiger partial charge on any atom is -0.543 e. The van der Waals surface area contributed by atoms with E-state index in [0.29, 0.717) is 0 Å². The van der Waals surface area contributed by atoms with Gasteiger partial charge in [-0.3, -0.25) is 0 Å². The fourth-order valence-electron chi connectivity index (χ4n) is 0. The molecule has 0 fully saturated rings. The van der Waals surface area contributed by atoms with Crippen LogP contribution in [0.15, 0.2) is 0 Å². The number of rotatable bonds is 0. The molecule has 0 saturated carbocycles. The Labute approximate surface area is 76.3 Å². The average Bonchev–Trinajstić information content (AvgIpc) is 1.36. The number of carboxylic acids is 2. The van der Waals surface area contributed by atoms with Gasteiger partial charge < -0.3 is 19.8 Å². The van der Waals surface area contributed by atoms with Crippen LogP contribution in [0.5, 0.6) is 0 Å². The molecular formula is C2Au2O4. The van der Waals surface area contributed by atoms with Crippen LogP contribution in [-0.2, 0) is 54.3 Å². The SMILES string of the molecule is O=C([O-])C(=O)[O-].[Au+].[Au+]. The third kappa shape index (κ3) is 9.65. The van der Waals surface area contributed by atoms with Gasteiger partial charge in [0.2, 0.25) is 0 Å². The molecule has 0 saturated heterocycles. The Bertz CT molecular complexity index is 78.0. The Kier molecular flexibility index (Phi) is 14.6. The zero-order valence-electron chi connectivity index (χ0n) is 3.24. The van der Waals surface area contributed by atoms with Crippen molar-refractivity contribution in [2.45, 2.75) is 0 Å². The van der Waals surface area contributed by atoms with Gasteiger partial charge in [-0.15, -0.1) is 0 Å². The van der Waals surface area contributed by atoms with E-state index in [-0.39, 0.29) is 44.8 Å². The molecule has 0 unspecified atom stereocenters. The normalized spacial score (nSPS) is 5.50. The van der Waals surface area contributed by atoms with Gasteiger partial charge in [-0.2, -0.15) is 0 Å². The molecular weight excluding hydrogens is 482 g/mol. The van der Waals surface area contributed by atoms with Crippen LogP contribution >= 0.6 is 0 Å². The molecule has 0 aliphatic heterocycles. The molecule has 0 aromatic carbocycles. The standard InChI is InChI=1S/C2H2O4.2Au/c3-1(4)2(5)6;;/h(H,3,4)(H,5,6);;/q;2*+1/p-2. The maximum absolute atomic E-state index is 8.93. The summed E-state index contributed by atoms with van der Waals surface area (Å²) >= 11 is 0. The molecule has 0 bridgehead atoms. The molecule has 0 aliphatic carbocycles. The van der Waals surface area contributed by atoms with E-state index in [1.54, 1.807) is 0 Å². The number of aliphatic carboxylic acids is 2. The monoisotopic (exact) mass is 482 g/mol. The molecule has 0 atom stereocenters. The number of carbonyl (C=O) groups is 2. The number of carbonyl (C=O) groups excluding carboxylic acids is 2. The Morgan fingerprint density at radius 3 is 1.00 bits per heavy atom. The van der Waals surface area contributed by atoms with Crippen LogP contribution in [0, 0.1) is 0 Å². The molecule has 0 aromatic rings.